The van der Waals surface area contributed by atoms with Crippen LogP contribution < -0.4 is 9.47 Å². The summed E-state index contributed by atoms with van der Waals surface area (Å²) in [4.78, 5) is 21.9. The van der Waals surface area contributed by atoms with Gasteiger partial charge >= 0.3 is 11.9 Å². The molecule has 112 valence electrons. The van der Waals surface area contributed by atoms with Crippen LogP contribution in [0.15, 0.2) is 36.4 Å². The first-order chi connectivity index (χ1) is 9.93. The second-order valence-corrected chi connectivity index (χ2v) is 4.41. The molecule has 0 amide bonds. The first-order valence-corrected chi connectivity index (χ1v) is 6.38. The Morgan fingerprint density at radius 3 is 2.62 bits per heavy atom. The van der Waals surface area contributed by atoms with Crippen LogP contribution in [0.5, 0.6) is 11.5 Å². The van der Waals surface area contributed by atoms with Crippen LogP contribution in [0.4, 0.5) is 0 Å². The Morgan fingerprint density at radius 1 is 1.33 bits per heavy atom. The van der Waals surface area contributed by atoms with Gasteiger partial charge in [-0.05, 0) is 31.0 Å². The minimum Gasteiger partial charge on any atom is -0.493 e. The number of carbonyl (C=O) groups is 2. The summed E-state index contributed by atoms with van der Waals surface area (Å²) >= 11 is 0. The van der Waals surface area contributed by atoms with Crippen LogP contribution in [0.2, 0.25) is 0 Å². The lowest BCUT2D eigenvalue weighted by molar-refractivity contribution is -0.137. The number of hydrogen-bond donors (Lipinski definition) is 1. The highest BCUT2D eigenvalue weighted by Gasteiger charge is 2.10. The number of carbonyl (C=O) groups excluding carboxylic acids is 1. The number of ether oxygens (including phenoxy) is 2. The lowest BCUT2D eigenvalue weighted by atomic mass is 10.1. The number of rotatable bonds is 7. The quantitative estimate of drug-likeness (QED) is 0.474. The van der Waals surface area contributed by atoms with E-state index in [1.54, 1.807) is 37.3 Å². The van der Waals surface area contributed by atoms with Crippen LogP contribution in [-0.2, 0) is 9.59 Å². The molecule has 5 heteroatoms. The van der Waals surface area contributed by atoms with Crippen molar-refractivity contribution in [3.05, 3.63) is 42.0 Å². The second-order valence-electron chi connectivity index (χ2n) is 4.41. The summed E-state index contributed by atoms with van der Waals surface area (Å²) in [7, 11) is 1.48. The van der Waals surface area contributed by atoms with Crippen LogP contribution in [0.25, 0.3) is 6.08 Å². The number of methoxy groups -OCH3 is 1. The maximum Gasteiger partial charge on any atom is 0.338 e. The van der Waals surface area contributed by atoms with Gasteiger partial charge in [0.2, 0.25) is 0 Å². The Hall–Kier alpha value is -2.56. The second kappa shape index (κ2) is 7.89. The molecule has 0 aliphatic heterocycles. The number of esters is 1. The summed E-state index contributed by atoms with van der Waals surface area (Å²) in [5, 5.41) is 8.55. The largest absolute Gasteiger partial charge is 0.493 e. The standard InChI is InChI=1S/C16H18O5/c1-11(2)16(19)21-13-9-8-12(10-14(13)20-3)6-4-5-7-15(17)18/h4,6,8-10H,1,5,7H2,2-3H3,(H,17,18). The summed E-state index contributed by atoms with van der Waals surface area (Å²) in [5.74, 6) is -0.615. The predicted molar refractivity (Wildman–Crippen MR) is 79.3 cm³/mol. The van der Waals surface area contributed by atoms with Crippen LogP contribution >= 0.6 is 0 Å². The van der Waals surface area contributed by atoms with Gasteiger partial charge in [-0.2, -0.15) is 0 Å². The van der Waals surface area contributed by atoms with E-state index in [1.165, 1.54) is 7.11 Å². The zero-order valence-electron chi connectivity index (χ0n) is 12.1. The molecule has 21 heavy (non-hydrogen) atoms. The van der Waals surface area contributed by atoms with E-state index in [0.29, 0.717) is 23.5 Å². The Morgan fingerprint density at radius 2 is 2.05 bits per heavy atom. The van der Waals surface area contributed by atoms with E-state index >= 15 is 0 Å². The lowest BCUT2D eigenvalue weighted by Gasteiger charge is -2.09. The van der Waals surface area contributed by atoms with Gasteiger partial charge in [0.05, 0.1) is 7.11 Å². The lowest BCUT2D eigenvalue weighted by Crippen LogP contribution is -2.09. The summed E-state index contributed by atoms with van der Waals surface area (Å²) in [5.41, 5.74) is 1.13. The highest BCUT2D eigenvalue weighted by atomic mass is 16.6. The fourth-order valence-corrected chi connectivity index (χ4v) is 1.49. The van der Waals surface area contributed by atoms with E-state index in [-0.39, 0.29) is 6.42 Å². The number of aliphatic carboxylic acids is 1. The van der Waals surface area contributed by atoms with Crippen molar-refractivity contribution >= 4 is 18.0 Å². The highest BCUT2D eigenvalue weighted by molar-refractivity contribution is 5.89. The molecular weight excluding hydrogens is 272 g/mol. The minimum atomic E-state index is -0.834. The molecular formula is C16H18O5. The number of benzene rings is 1. The molecule has 0 aliphatic rings. The van der Waals surface area contributed by atoms with E-state index in [4.69, 9.17) is 14.6 Å². The molecule has 0 radical (unpaired) electrons. The number of hydrogen-bond acceptors (Lipinski definition) is 4. The highest BCUT2D eigenvalue weighted by Crippen LogP contribution is 2.29. The van der Waals surface area contributed by atoms with E-state index in [9.17, 15) is 9.59 Å². The molecule has 0 aliphatic carbocycles. The van der Waals surface area contributed by atoms with Crippen molar-refractivity contribution in [1.82, 2.24) is 0 Å². The topological polar surface area (TPSA) is 72.8 Å². The van der Waals surface area contributed by atoms with Gasteiger partial charge in [-0.1, -0.05) is 24.8 Å². The van der Waals surface area contributed by atoms with Crippen molar-refractivity contribution in [3.63, 3.8) is 0 Å². The zero-order chi connectivity index (χ0) is 15.8. The summed E-state index contributed by atoms with van der Waals surface area (Å²) in [6, 6.07) is 5.08. The molecule has 0 fully saturated rings. The monoisotopic (exact) mass is 290 g/mol. The smallest absolute Gasteiger partial charge is 0.338 e. The molecule has 0 unspecified atom stereocenters. The molecule has 5 nitrogen and oxygen atoms in total. The van der Waals surface area contributed by atoms with E-state index in [0.717, 1.165) is 5.56 Å². The molecule has 0 aromatic heterocycles. The molecule has 0 saturated carbocycles. The molecule has 1 N–H and O–H groups in total. The van der Waals surface area contributed by atoms with Gasteiger partial charge in [0.1, 0.15) is 0 Å². The first-order valence-electron chi connectivity index (χ1n) is 6.38. The van der Waals surface area contributed by atoms with Crippen molar-refractivity contribution < 1.29 is 24.2 Å². The van der Waals surface area contributed by atoms with Crippen LogP contribution in [0, 0.1) is 0 Å². The number of carboxylic acids is 1. The summed E-state index contributed by atoms with van der Waals surface area (Å²) in [6.45, 7) is 5.08. The average molecular weight is 290 g/mol. The van der Waals surface area contributed by atoms with Gasteiger partial charge in [-0.25, -0.2) is 4.79 Å². The fraction of sp³-hybridized carbons (Fsp3) is 0.250. The molecule has 0 spiro atoms. The molecule has 0 bridgehead atoms. The summed E-state index contributed by atoms with van der Waals surface area (Å²) < 4.78 is 10.3. The van der Waals surface area contributed by atoms with Crippen molar-refractivity contribution in [1.29, 1.82) is 0 Å². The van der Waals surface area contributed by atoms with Gasteiger partial charge in [0, 0.05) is 12.0 Å². The number of carboxylic acid groups (broad SMARTS) is 1. The third-order valence-corrected chi connectivity index (χ3v) is 2.57. The Labute approximate surface area is 123 Å². The van der Waals surface area contributed by atoms with Crippen molar-refractivity contribution in [2.24, 2.45) is 0 Å². The predicted octanol–water partition coefficient (Wildman–Crippen LogP) is 3.05. The fourth-order valence-electron chi connectivity index (χ4n) is 1.49. The Bertz CT molecular complexity index is 572. The third-order valence-electron chi connectivity index (χ3n) is 2.57. The normalized spacial score (nSPS) is 10.4. The van der Waals surface area contributed by atoms with Crippen molar-refractivity contribution in [2.75, 3.05) is 7.11 Å². The SMILES string of the molecule is C=C(C)C(=O)Oc1ccc(C=CCCC(=O)O)cc1OC. The molecule has 0 saturated heterocycles. The van der Waals surface area contributed by atoms with Crippen LogP contribution in [-0.4, -0.2) is 24.2 Å². The van der Waals surface area contributed by atoms with Gasteiger partial charge in [-0.15, -0.1) is 0 Å². The molecule has 1 rings (SSSR count). The van der Waals surface area contributed by atoms with Crippen LogP contribution in [0.1, 0.15) is 25.3 Å². The first kappa shape index (κ1) is 16.5. The maximum absolute atomic E-state index is 11.5. The summed E-state index contributed by atoms with van der Waals surface area (Å²) in [6.07, 6.45) is 4.09. The zero-order valence-corrected chi connectivity index (χ0v) is 12.1. The molecule has 1 aromatic rings. The van der Waals surface area contributed by atoms with Gasteiger partial charge < -0.3 is 14.6 Å². The van der Waals surface area contributed by atoms with Gasteiger partial charge in [0.15, 0.2) is 11.5 Å². The van der Waals surface area contributed by atoms with Crippen molar-refractivity contribution in [3.8, 4) is 11.5 Å². The molecule has 0 atom stereocenters. The minimum absolute atomic E-state index is 0.0853. The Kier molecular flexibility index (Phi) is 6.20. The third kappa shape index (κ3) is 5.52. The van der Waals surface area contributed by atoms with Crippen LogP contribution in [0.3, 0.4) is 0 Å². The number of allylic oxidation sites excluding steroid dienone is 1. The van der Waals surface area contributed by atoms with E-state index < -0.39 is 11.9 Å². The molecule has 1 aromatic carbocycles. The van der Waals surface area contributed by atoms with Gasteiger partial charge in [0.25, 0.3) is 0 Å². The Balaban J connectivity index is 2.81. The maximum atomic E-state index is 11.5. The van der Waals surface area contributed by atoms with E-state index in [2.05, 4.69) is 6.58 Å². The molecule has 0 heterocycles. The van der Waals surface area contributed by atoms with Crippen molar-refractivity contribution in [2.45, 2.75) is 19.8 Å². The van der Waals surface area contributed by atoms with E-state index in [1.807, 2.05) is 0 Å². The van der Waals surface area contributed by atoms with Gasteiger partial charge in [-0.3, -0.25) is 4.79 Å². The average Bonchev–Trinajstić information content (AvgIpc) is 2.44.